The molecule has 3 aromatic rings. The van der Waals surface area contributed by atoms with Crippen LogP contribution in [-0.4, -0.2) is 33.5 Å². The third kappa shape index (κ3) is 3.88. The number of hydrogen-bond acceptors (Lipinski definition) is 7. The molecule has 27 heavy (non-hydrogen) atoms. The average Bonchev–Trinajstić information content (AvgIpc) is 3.05. The molecule has 0 unspecified atom stereocenters. The van der Waals surface area contributed by atoms with Gasteiger partial charge >= 0.3 is 5.97 Å². The van der Waals surface area contributed by atoms with Gasteiger partial charge in [0.25, 0.3) is 0 Å². The molecule has 0 radical (unpaired) electrons. The standard InChI is InChI=1S/C18H15ClN6O2/c1-3-27-18(26)14(9-20)22-24-17-15-13(11-4-6-12(19)7-5-11)8-10(2)21-16(15)23-25-17/h4-8H,3H2,1-2H3,(H2,21,23,24,25)/b22-14+. The Morgan fingerprint density at radius 2 is 2.15 bits per heavy atom. The highest BCUT2D eigenvalue weighted by Crippen LogP contribution is 2.33. The molecule has 3 rings (SSSR count). The lowest BCUT2D eigenvalue weighted by molar-refractivity contribution is -0.134. The molecule has 0 saturated heterocycles. The topological polar surface area (TPSA) is 116 Å². The first-order valence-corrected chi connectivity index (χ1v) is 8.43. The summed E-state index contributed by atoms with van der Waals surface area (Å²) in [5, 5.41) is 21.2. The van der Waals surface area contributed by atoms with Crippen LogP contribution < -0.4 is 5.43 Å². The number of aromatic nitrogens is 3. The highest BCUT2D eigenvalue weighted by atomic mass is 35.5. The number of halogens is 1. The van der Waals surface area contributed by atoms with Crippen molar-refractivity contribution in [3.8, 4) is 17.2 Å². The first-order valence-electron chi connectivity index (χ1n) is 8.06. The van der Waals surface area contributed by atoms with Crippen molar-refractivity contribution in [2.24, 2.45) is 5.10 Å². The Kier molecular flexibility index (Phi) is 5.33. The summed E-state index contributed by atoms with van der Waals surface area (Å²) in [7, 11) is 0. The maximum Gasteiger partial charge on any atom is 0.369 e. The Hall–Kier alpha value is -3.44. The van der Waals surface area contributed by atoms with Crippen molar-refractivity contribution >= 4 is 40.1 Å². The molecular weight excluding hydrogens is 368 g/mol. The molecule has 0 aliphatic carbocycles. The van der Waals surface area contributed by atoms with Crippen LogP contribution in [0.3, 0.4) is 0 Å². The first kappa shape index (κ1) is 18.4. The van der Waals surface area contributed by atoms with E-state index >= 15 is 0 Å². The van der Waals surface area contributed by atoms with E-state index in [0.717, 1.165) is 16.8 Å². The minimum atomic E-state index is -0.803. The van der Waals surface area contributed by atoms with Crippen molar-refractivity contribution in [2.45, 2.75) is 13.8 Å². The smallest absolute Gasteiger partial charge is 0.369 e. The molecule has 0 spiro atoms. The minimum Gasteiger partial charge on any atom is -0.461 e. The largest absolute Gasteiger partial charge is 0.461 e. The van der Waals surface area contributed by atoms with E-state index in [1.807, 2.05) is 25.1 Å². The van der Waals surface area contributed by atoms with Crippen LogP contribution in [0.25, 0.3) is 22.2 Å². The van der Waals surface area contributed by atoms with E-state index in [2.05, 4.69) is 25.7 Å². The number of carbonyl (C=O) groups excluding carboxylic acids is 1. The lowest BCUT2D eigenvalue weighted by atomic mass is 10.0. The van der Waals surface area contributed by atoms with Crippen LogP contribution in [0, 0.1) is 18.3 Å². The molecule has 9 heteroatoms. The maximum absolute atomic E-state index is 11.7. The van der Waals surface area contributed by atoms with Crippen LogP contribution in [0.15, 0.2) is 35.4 Å². The van der Waals surface area contributed by atoms with Crippen LogP contribution in [-0.2, 0) is 9.53 Å². The second kappa shape index (κ2) is 7.85. The predicted molar refractivity (Wildman–Crippen MR) is 102 cm³/mol. The first-order chi connectivity index (χ1) is 13.0. The summed E-state index contributed by atoms with van der Waals surface area (Å²) in [4.78, 5) is 16.1. The van der Waals surface area contributed by atoms with E-state index in [1.54, 1.807) is 25.1 Å². The quantitative estimate of drug-likeness (QED) is 0.396. The minimum absolute atomic E-state index is 0.149. The predicted octanol–water partition coefficient (Wildman–Crippen LogP) is 3.44. The van der Waals surface area contributed by atoms with E-state index in [1.165, 1.54) is 0 Å². The molecule has 136 valence electrons. The molecule has 0 aliphatic rings. The van der Waals surface area contributed by atoms with Crippen LogP contribution in [0.5, 0.6) is 0 Å². The Morgan fingerprint density at radius 3 is 2.81 bits per heavy atom. The van der Waals surface area contributed by atoms with Gasteiger partial charge in [-0.2, -0.15) is 15.5 Å². The second-order valence-corrected chi connectivity index (χ2v) is 5.96. The number of fused-ring (bicyclic) bond motifs is 1. The van der Waals surface area contributed by atoms with Crippen LogP contribution in [0.4, 0.5) is 5.82 Å². The van der Waals surface area contributed by atoms with Gasteiger partial charge in [-0.3, -0.25) is 10.5 Å². The summed E-state index contributed by atoms with van der Waals surface area (Å²) in [5.41, 5.74) is 5.32. The second-order valence-electron chi connectivity index (χ2n) is 5.52. The number of benzene rings is 1. The van der Waals surface area contributed by atoms with Gasteiger partial charge in [0.2, 0.25) is 5.71 Å². The van der Waals surface area contributed by atoms with Crippen molar-refractivity contribution in [1.82, 2.24) is 15.2 Å². The number of anilines is 1. The number of nitriles is 1. The highest BCUT2D eigenvalue weighted by Gasteiger charge is 2.16. The number of ether oxygens (including phenoxy) is 1. The molecule has 0 bridgehead atoms. The third-order valence-electron chi connectivity index (χ3n) is 3.66. The summed E-state index contributed by atoms with van der Waals surface area (Å²) in [5.74, 6) is -0.400. The summed E-state index contributed by atoms with van der Waals surface area (Å²) in [6.07, 6.45) is 0. The average molecular weight is 383 g/mol. The summed E-state index contributed by atoms with van der Waals surface area (Å²) < 4.78 is 4.79. The Bertz CT molecular complexity index is 1070. The van der Waals surface area contributed by atoms with E-state index < -0.39 is 11.7 Å². The third-order valence-corrected chi connectivity index (χ3v) is 3.91. The molecule has 0 fully saturated rings. The van der Waals surface area contributed by atoms with Crippen LogP contribution >= 0.6 is 11.6 Å². The summed E-state index contributed by atoms with van der Waals surface area (Å²) >= 11 is 5.98. The zero-order valence-corrected chi connectivity index (χ0v) is 15.3. The number of hydrazone groups is 1. The number of pyridine rings is 1. The normalized spacial score (nSPS) is 11.3. The zero-order valence-electron chi connectivity index (χ0n) is 14.6. The molecule has 0 aliphatic heterocycles. The van der Waals surface area contributed by atoms with E-state index in [9.17, 15) is 4.79 Å². The van der Waals surface area contributed by atoms with E-state index in [0.29, 0.717) is 21.9 Å². The number of H-pyrrole nitrogens is 1. The Balaban J connectivity index is 2.06. The Labute approximate surface area is 159 Å². The van der Waals surface area contributed by atoms with E-state index in [4.69, 9.17) is 21.6 Å². The fourth-order valence-corrected chi connectivity index (χ4v) is 2.64. The number of aryl methyl sites for hydroxylation is 1. The molecular formula is C18H15ClN6O2. The van der Waals surface area contributed by atoms with Gasteiger partial charge in [-0.25, -0.2) is 9.78 Å². The van der Waals surface area contributed by atoms with Gasteiger partial charge in [-0.15, -0.1) is 0 Å². The highest BCUT2D eigenvalue weighted by molar-refractivity contribution is 6.43. The molecule has 2 aromatic heterocycles. The number of nitrogens with zero attached hydrogens (tertiary/aromatic N) is 4. The number of carbonyl (C=O) groups is 1. The van der Waals surface area contributed by atoms with Crippen molar-refractivity contribution < 1.29 is 9.53 Å². The fraction of sp³-hybridized carbons (Fsp3) is 0.167. The van der Waals surface area contributed by atoms with Crippen molar-refractivity contribution in [3.05, 3.63) is 41.0 Å². The van der Waals surface area contributed by atoms with Crippen molar-refractivity contribution in [2.75, 3.05) is 12.0 Å². The summed E-state index contributed by atoms with van der Waals surface area (Å²) in [6.45, 7) is 3.67. The number of rotatable bonds is 5. The molecule has 8 nitrogen and oxygen atoms in total. The van der Waals surface area contributed by atoms with Gasteiger partial charge in [-0.05, 0) is 43.2 Å². The van der Waals surface area contributed by atoms with Gasteiger partial charge in [0.15, 0.2) is 11.5 Å². The maximum atomic E-state index is 11.7. The number of nitrogens with one attached hydrogen (secondary N) is 2. The van der Waals surface area contributed by atoms with Gasteiger partial charge in [0.1, 0.15) is 6.07 Å². The van der Waals surface area contributed by atoms with Crippen molar-refractivity contribution in [1.29, 1.82) is 5.26 Å². The van der Waals surface area contributed by atoms with Gasteiger partial charge < -0.3 is 4.74 Å². The number of hydrogen-bond donors (Lipinski definition) is 2. The monoisotopic (exact) mass is 382 g/mol. The number of aromatic amines is 1. The lowest BCUT2D eigenvalue weighted by Gasteiger charge is -2.07. The molecule has 0 amide bonds. The Morgan fingerprint density at radius 1 is 1.41 bits per heavy atom. The molecule has 1 aromatic carbocycles. The molecule has 2 heterocycles. The SMILES string of the molecule is CCOC(=O)/C(C#N)=N/Nc1[nH]nc2nc(C)cc(-c3ccc(Cl)cc3)c12. The molecule has 0 atom stereocenters. The van der Waals surface area contributed by atoms with Gasteiger partial charge in [0.05, 0.1) is 12.0 Å². The van der Waals surface area contributed by atoms with Gasteiger partial charge in [0, 0.05) is 10.7 Å². The van der Waals surface area contributed by atoms with E-state index in [-0.39, 0.29) is 6.61 Å². The molecule has 0 saturated carbocycles. The van der Waals surface area contributed by atoms with Crippen LogP contribution in [0.2, 0.25) is 5.02 Å². The van der Waals surface area contributed by atoms with Crippen LogP contribution in [0.1, 0.15) is 12.6 Å². The fourth-order valence-electron chi connectivity index (χ4n) is 2.51. The molecule has 2 N–H and O–H groups in total. The van der Waals surface area contributed by atoms with Crippen molar-refractivity contribution in [3.63, 3.8) is 0 Å². The zero-order chi connectivity index (χ0) is 19.4. The number of esters is 1. The summed E-state index contributed by atoms with van der Waals surface area (Å²) in [6, 6.07) is 11.0. The lowest BCUT2D eigenvalue weighted by Crippen LogP contribution is -2.17. The van der Waals surface area contributed by atoms with Gasteiger partial charge in [-0.1, -0.05) is 23.7 Å².